The number of amides is 1. The average molecular weight is 410 g/mol. The van der Waals surface area contributed by atoms with Crippen LogP contribution in [0.2, 0.25) is 0 Å². The molecule has 4 nitrogen and oxygen atoms in total. The van der Waals surface area contributed by atoms with Gasteiger partial charge in [0.2, 0.25) is 5.91 Å². The fraction of sp³-hybridized carbons (Fsp3) is 0.440. The van der Waals surface area contributed by atoms with Crippen molar-refractivity contribution in [3.05, 3.63) is 59.2 Å². The molecule has 0 saturated heterocycles. The summed E-state index contributed by atoms with van der Waals surface area (Å²) < 4.78 is 15.8. The van der Waals surface area contributed by atoms with Gasteiger partial charge in [0.15, 0.2) is 0 Å². The number of hydrogen-bond donors (Lipinski definition) is 0. The lowest BCUT2D eigenvalue weighted by molar-refractivity contribution is -0.131. The van der Waals surface area contributed by atoms with Crippen LogP contribution in [-0.2, 0) is 11.2 Å². The number of nitrogens with zero attached hydrogens (tertiary/aromatic N) is 3. The minimum Gasteiger partial charge on any atom is -0.342 e. The van der Waals surface area contributed by atoms with Crippen molar-refractivity contribution in [3.8, 4) is 11.3 Å². The van der Waals surface area contributed by atoms with Gasteiger partial charge in [0.1, 0.15) is 11.5 Å². The molecule has 1 aromatic carbocycles. The van der Waals surface area contributed by atoms with Crippen LogP contribution in [0.3, 0.4) is 0 Å². The normalized spacial score (nSPS) is 11.6. The second kappa shape index (κ2) is 8.99. The molecule has 0 bridgehead atoms. The quantitative estimate of drug-likeness (QED) is 0.521. The maximum absolute atomic E-state index is 13.8. The fourth-order valence-electron chi connectivity index (χ4n) is 3.81. The van der Waals surface area contributed by atoms with Gasteiger partial charge in [-0.05, 0) is 61.1 Å². The molecule has 0 saturated carbocycles. The van der Waals surface area contributed by atoms with Crippen LogP contribution in [0, 0.1) is 31.5 Å². The zero-order chi connectivity index (χ0) is 22.0. The number of fused-ring (bicyclic) bond motifs is 1. The van der Waals surface area contributed by atoms with Crippen molar-refractivity contribution in [2.75, 3.05) is 13.1 Å². The molecule has 2 aromatic heterocycles. The summed E-state index contributed by atoms with van der Waals surface area (Å²) in [6.07, 6.45) is 2.27. The second-order valence-electron chi connectivity index (χ2n) is 9.07. The number of imidazole rings is 1. The molecule has 0 N–H and O–H groups in total. The first kappa shape index (κ1) is 22.0. The Morgan fingerprint density at radius 1 is 1.07 bits per heavy atom. The van der Waals surface area contributed by atoms with Crippen molar-refractivity contribution in [2.45, 2.75) is 48.0 Å². The number of carbonyl (C=O) groups is 1. The number of carbonyl (C=O) groups excluding carboxylic acids is 1. The van der Waals surface area contributed by atoms with E-state index in [0.717, 1.165) is 41.3 Å². The molecule has 0 fully saturated rings. The molecule has 30 heavy (non-hydrogen) atoms. The maximum Gasteiger partial charge on any atom is 0.228 e. The number of aryl methyl sites for hydroxylation is 2. The standard InChI is InChI=1S/C25H32FN3O/c1-16(2)13-28(14-17(3)4)24(30)12-22-25(20-8-9-21(26)19(6)11-20)27-23-10-7-18(5)15-29(22)23/h7-11,15-17H,12-14H2,1-6H3. The highest BCUT2D eigenvalue weighted by atomic mass is 19.1. The van der Waals surface area contributed by atoms with Crippen molar-refractivity contribution in [2.24, 2.45) is 11.8 Å². The van der Waals surface area contributed by atoms with E-state index < -0.39 is 0 Å². The summed E-state index contributed by atoms with van der Waals surface area (Å²) in [7, 11) is 0. The first-order valence-electron chi connectivity index (χ1n) is 10.7. The van der Waals surface area contributed by atoms with Gasteiger partial charge in [-0.3, -0.25) is 4.79 Å². The monoisotopic (exact) mass is 409 g/mol. The van der Waals surface area contributed by atoms with Gasteiger partial charge in [-0.2, -0.15) is 0 Å². The number of benzene rings is 1. The Labute approximate surface area is 178 Å². The van der Waals surface area contributed by atoms with Crippen LogP contribution >= 0.6 is 0 Å². The van der Waals surface area contributed by atoms with Crippen LogP contribution in [0.4, 0.5) is 4.39 Å². The fourth-order valence-corrected chi connectivity index (χ4v) is 3.81. The Balaban J connectivity index is 2.07. The van der Waals surface area contributed by atoms with Crippen molar-refractivity contribution in [1.82, 2.24) is 14.3 Å². The average Bonchev–Trinajstić information content (AvgIpc) is 3.00. The van der Waals surface area contributed by atoms with Crippen molar-refractivity contribution < 1.29 is 9.18 Å². The molecular formula is C25H32FN3O. The number of rotatable bonds is 7. The lowest BCUT2D eigenvalue weighted by Crippen LogP contribution is -2.38. The molecule has 3 aromatic rings. The van der Waals surface area contributed by atoms with Gasteiger partial charge in [-0.25, -0.2) is 9.37 Å². The summed E-state index contributed by atoms with van der Waals surface area (Å²) >= 11 is 0. The van der Waals surface area contributed by atoms with Crippen LogP contribution in [0.5, 0.6) is 0 Å². The summed E-state index contributed by atoms with van der Waals surface area (Å²) in [5.41, 5.74) is 4.88. The predicted octanol–water partition coefficient (Wildman–Crippen LogP) is 5.44. The second-order valence-corrected chi connectivity index (χ2v) is 9.07. The van der Waals surface area contributed by atoms with Gasteiger partial charge in [0.25, 0.3) is 0 Å². The highest BCUT2D eigenvalue weighted by Gasteiger charge is 2.22. The minimum absolute atomic E-state index is 0.0980. The van der Waals surface area contributed by atoms with Crippen LogP contribution in [-0.4, -0.2) is 33.3 Å². The minimum atomic E-state index is -0.240. The largest absolute Gasteiger partial charge is 0.342 e. The lowest BCUT2D eigenvalue weighted by atomic mass is 10.0. The van der Waals surface area contributed by atoms with E-state index in [2.05, 4.69) is 27.7 Å². The first-order chi connectivity index (χ1) is 14.2. The Morgan fingerprint density at radius 2 is 1.73 bits per heavy atom. The zero-order valence-electron chi connectivity index (χ0n) is 18.9. The SMILES string of the molecule is Cc1ccc2nc(-c3ccc(F)c(C)c3)c(CC(=O)N(CC(C)C)CC(C)C)n2c1. The Hall–Kier alpha value is -2.69. The highest BCUT2D eigenvalue weighted by Crippen LogP contribution is 2.27. The van der Waals surface area contributed by atoms with Crippen molar-refractivity contribution in [3.63, 3.8) is 0 Å². The third kappa shape index (κ3) is 4.89. The van der Waals surface area contributed by atoms with Gasteiger partial charge in [-0.15, -0.1) is 0 Å². The molecule has 0 unspecified atom stereocenters. The third-order valence-electron chi connectivity index (χ3n) is 5.14. The topological polar surface area (TPSA) is 37.6 Å². The maximum atomic E-state index is 13.8. The lowest BCUT2D eigenvalue weighted by Gasteiger charge is -2.26. The molecule has 1 amide bonds. The smallest absolute Gasteiger partial charge is 0.228 e. The predicted molar refractivity (Wildman–Crippen MR) is 120 cm³/mol. The molecule has 0 aliphatic rings. The van der Waals surface area contributed by atoms with Crippen molar-refractivity contribution in [1.29, 1.82) is 0 Å². The summed E-state index contributed by atoms with van der Waals surface area (Å²) in [5, 5.41) is 0. The molecule has 0 atom stereocenters. The zero-order valence-corrected chi connectivity index (χ0v) is 18.9. The van der Waals surface area contributed by atoms with Crippen LogP contribution < -0.4 is 0 Å². The van der Waals surface area contributed by atoms with Gasteiger partial charge in [0, 0.05) is 24.8 Å². The van der Waals surface area contributed by atoms with Crippen LogP contribution in [0.25, 0.3) is 16.9 Å². The van der Waals surface area contributed by atoms with Gasteiger partial charge >= 0.3 is 0 Å². The molecule has 3 rings (SSSR count). The van der Waals surface area contributed by atoms with E-state index in [1.165, 1.54) is 6.07 Å². The van der Waals surface area contributed by atoms with E-state index in [0.29, 0.717) is 17.4 Å². The molecule has 5 heteroatoms. The number of halogens is 1. The molecular weight excluding hydrogens is 377 g/mol. The van der Waals surface area contributed by atoms with E-state index >= 15 is 0 Å². The number of aromatic nitrogens is 2. The van der Waals surface area contributed by atoms with E-state index in [-0.39, 0.29) is 18.1 Å². The van der Waals surface area contributed by atoms with Gasteiger partial charge in [-0.1, -0.05) is 33.8 Å². The van der Waals surface area contributed by atoms with Gasteiger partial charge < -0.3 is 9.30 Å². The summed E-state index contributed by atoms with van der Waals surface area (Å²) in [4.78, 5) is 20.1. The van der Waals surface area contributed by atoms with Crippen LogP contribution in [0.15, 0.2) is 36.5 Å². The third-order valence-corrected chi connectivity index (χ3v) is 5.14. The van der Waals surface area contributed by atoms with E-state index in [1.54, 1.807) is 19.1 Å². The Morgan fingerprint density at radius 3 is 2.33 bits per heavy atom. The van der Waals surface area contributed by atoms with Gasteiger partial charge in [0.05, 0.1) is 17.8 Å². The first-order valence-corrected chi connectivity index (χ1v) is 10.7. The Bertz CT molecular complexity index is 1040. The van der Waals surface area contributed by atoms with E-state index in [4.69, 9.17) is 4.98 Å². The molecule has 0 spiro atoms. The molecule has 0 aliphatic heterocycles. The molecule has 160 valence electrons. The molecule has 0 radical (unpaired) electrons. The summed E-state index contributed by atoms with van der Waals surface area (Å²) in [5.74, 6) is 0.657. The number of hydrogen-bond acceptors (Lipinski definition) is 2. The molecule has 2 heterocycles. The summed E-state index contributed by atoms with van der Waals surface area (Å²) in [6, 6.07) is 8.99. The Kier molecular flexibility index (Phi) is 6.59. The summed E-state index contributed by atoms with van der Waals surface area (Å²) in [6.45, 7) is 13.8. The number of pyridine rings is 1. The van der Waals surface area contributed by atoms with E-state index in [9.17, 15) is 9.18 Å². The van der Waals surface area contributed by atoms with Crippen LogP contribution in [0.1, 0.15) is 44.5 Å². The van der Waals surface area contributed by atoms with E-state index in [1.807, 2.05) is 34.6 Å². The highest BCUT2D eigenvalue weighted by molar-refractivity contribution is 5.82. The van der Waals surface area contributed by atoms with Crippen molar-refractivity contribution >= 4 is 11.6 Å². The molecule has 0 aliphatic carbocycles.